The van der Waals surface area contributed by atoms with Crippen molar-refractivity contribution in [3.8, 4) is 5.75 Å². The minimum Gasteiger partial charge on any atom is -0.507 e. The van der Waals surface area contributed by atoms with E-state index in [9.17, 15) is 14.7 Å². The smallest absolute Gasteiger partial charge is 0.320 e. The van der Waals surface area contributed by atoms with Gasteiger partial charge in [-0.3, -0.25) is 15.0 Å². The third kappa shape index (κ3) is 11.2. The Morgan fingerprint density at radius 2 is 2.00 bits per heavy atom. The lowest BCUT2D eigenvalue weighted by Gasteiger charge is -2.06. The van der Waals surface area contributed by atoms with Crippen LogP contribution in [0.15, 0.2) is 30.3 Å². The zero-order chi connectivity index (χ0) is 19.2. The Kier molecular flexibility index (Phi) is 10.8. The molecule has 0 heterocycles. The van der Waals surface area contributed by atoms with Crippen LogP contribution in [-0.4, -0.2) is 47.7 Å². The molecule has 25 heavy (non-hydrogen) atoms. The number of carbonyl (C=O) groups is 2. The molecule has 0 spiro atoms. The second kappa shape index (κ2) is 12.4. The van der Waals surface area contributed by atoms with Crippen LogP contribution in [-0.2, 0) is 9.59 Å². The second-order valence-corrected chi connectivity index (χ2v) is 4.93. The van der Waals surface area contributed by atoms with Crippen LogP contribution in [0.1, 0.15) is 18.4 Å². The van der Waals surface area contributed by atoms with Crippen molar-refractivity contribution >= 4 is 23.9 Å². The van der Waals surface area contributed by atoms with Crippen molar-refractivity contribution in [1.29, 1.82) is 5.41 Å². The predicted octanol–water partition coefficient (Wildman–Crippen LogP) is -0.187. The summed E-state index contributed by atoms with van der Waals surface area (Å²) >= 11 is 0. The normalized spacial score (nSPS) is 11.1. The number of guanidine groups is 1. The molecule has 0 saturated carbocycles. The number of benzene rings is 1. The van der Waals surface area contributed by atoms with Gasteiger partial charge < -0.3 is 32.3 Å². The highest BCUT2D eigenvalue weighted by atomic mass is 16.4. The molecule has 0 aliphatic rings. The quantitative estimate of drug-likeness (QED) is 0.154. The number of likely N-dealkylation sites (N-methyl/N-ethyl adjacent to an activating group) is 1. The number of aliphatic carboxylic acids is 1. The first-order chi connectivity index (χ1) is 11.8. The molecule has 9 nitrogen and oxygen atoms in total. The maximum atomic E-state index is 10.8. The van der Waals surface area contributed by atoms with Crippen LogP contribution in [0.4, 0.5) is 0 Å². The molecule has 1 atom stereocenters. The van der Waals surface area contributed by atoms with E-state index in [2.05, 4.69) is 10.6 Å². The number of nitrogens with two attached hydrogens (primary N) is 2. The van der Waals surface area contributed by atoms with Crippen molar-refractivity contribution in [3.05, 3.63) is 35.9 Å². The fraction of sp³-hybridized carbons (Fsp3) is 0.312. The number of hydrogen-bond donors (Lipinski definition) is 7. The van der Waals surface area contributed by atoms with Crippen LogP contribution in [0.25, 0.3) is 6.08 Å². The van der Waals surface area contributed by atoms with E-state index in [-0.39, 0.29) is 17.6 Å². The van der Waals surface area contributed by atoms with Gasteiger partial charge in [-0.15, -0.1) is 0 Å². The Labute approximate surface area is 146 Å². The number of phenols is 1. The van der Waals surface area contributed by atoms with Crippen molar-refractivity contribution in [2.24, 2.45) is 11.5 Å². The molecule has 0 aliphatic carbocycles. The van der Waals surface area contributed by atoms with E-state index in [4.69, 9.17) is 22.0 Å². The third-order valence-electron chi connectivity index (χ3n) is 2.92. The van der Waals surface area contributed by atoms with Gasteiger partial charge in [-0.1, -0.05) is 18.2 Å². The van der Waals surface area contributed by atoms with Crippen LogP contribution in [0.3, 0.4) is 0 Å². The number of carbonyl (C=O) groups excluding carboxylic acids is 1. The predicted molar refractivity (Wildman–Crippen MR) is 96.0 cm³/mol. The average Bonchev–Trinajstić information content (AvgIpc) is 2.57. The maximum Gasteiger partial charge on any atom is 0.320 e. The van der Waals surface area contributed by atoms with E-state index in [1.165, 1.54) is 6.08 Å². The average molecular weight is 351 g/mol. The van der Waals surface area contributed by atoms with Crippen LogP contribution in [0, 0.1) is 5.41 Å². The van der Waals surface area contributed by atoms with Crippen LogP contribution in [0.5, 0.6) is 5.75 Å². The molecule has 138 valence electrons. The molecule has 0 bridgehead atoms. The Hall–Kier alpha value is -3.07. The highest BCUT2D eigenvalue weighted by Crippen LogP contribution is 2.16. The van der Waals surface area contributed by atoms with Crippen LogP contribution < -0.4 is 22.1 Å². The SMILES string of the molecule is CNC(=O)/C=C\c1ccccc1O.N=C(N)NCCC[C@H](N)C(=O)O. The first kappa shape index (κ1) is 21.9. The number of nitrogens with one attached hydrogen (secondary N) is 3. The van der Waals surface area contributed by atoms with Gasteiger partial charge in [0.1, 0.15) is 11.8 Å². The maximum absolute atomic E-state index is 10.8. The van der Waals surface area contributed by atoms with Crippen LogP contribution in [0.2, 0.25) is 0 Å². The van der Waals surface area contributed by atoms with Gasteiger partial charge in [0.2, 0.25) is 5.91 Å². The van der Waals surface area contributed by atoms with Gasteiger partial charge in [0.25, 0.3) is 0 Å². The van der Waals surface area contributed by atoms with Crippen molar-refractivity contribution in [2.75, 3.05) is 13.6 Å². The van der Waals surface area contributed by atoms with Gasteiger partial charge in [0.15, 0.2) is 5.96 Å². The van der Waals surface area contributed by atoms with Crippen LogP contribution >= 0.6 is 0 Å². The fourth-order valence-electron chi connectivity index (χ4n) is 1.55. The summed E-state index contributed by atoms with van der Waals surface area (Å²) in [6.07, 6.45) is 3.91. The second-order valence-electron chi connectivity index (χ2n) is 4.93. The summed E-state index contributed by atoms with van der Waals surface area (Å²) in [6.45, 7) is 0.482. The monoisotopic (exact) mass is 351 g/mol. The van der Waals surface area contributed by atoms with Gasteiger partial charge >= 0.3 is 5.97 Å². The molecule has 0 unspecified atom stereocenters. The van der Waals surface area contributed by atoms with E-state index in [1.807, 2.05) is 0 Å². The Morgan fingerprint density at radius 3 is 2.52 bits per heavy atom. The third-order valence-corrected chi connectivity index (χ3v) is 2.92. The van der Waals surface area contributed by atoms with E-state index in [0.29, 0.717) is 24.9 Å². The Balaban J connectivity index is 0.000000463. The topological polar surface area (TPSA) is 175 Å². The van der Waals surface area contributed by atoms with Gasteiger partial charge in [-0.2, -0.15) is 0 Å². The summed E-state index contributed by atoms with van der Waals surface area (Å²) in [4.78, 5) is 21.0. The van der Waals surface area contributed by atoms with E-state index in [0.717, 1.165) is 0 Å². The van der Waals surface area contributed by atoms with Gasteiger partial charge in [0.05, 0.1) is 0 Å². The molecule has 0 saturated heterocycles. The molecule has 1 aromatic carbocycles. The summed E-state index contributed by atoms with van der Waals surface area (Å²) < 4.78 is 0. The summed E-state index contributed by atoms with van der Waals surface area (Å²) in [6, 6.07) is 6.01. The Morgan fingerprint density at radius 1 is 1.36 bits per heavy atom. The van der Waals surface area contributed by atoms with Crippen molar-refractivity contribution < 1.29 is 19.8 Å². The summed E-state index contributed by atoms with van der Waals surface area (Å²) in [5.41, 5.74) is 10.8. The van der Waals surface area contributed by atoms with Crippen molar-refractivity contribution in [3.63, 3.8) is 0 Å². The molecule has 0 radical (unpaired) electrons. The molecule has 0 aliphatic heterocycles. The molecule has 9 heteroatoms. The van der Waals surface area contributed by atoms with E-state index < -0.39 is 12.0 Å². The number of aromatic hydroxyl groups is 1. The number of carboxylic acid groups (broad SMARTS) is 1. The van der Waals surface area contributed by atoms with Gasteiger partial charge in [0, 0.05) is 25.2 Å². The molecular formula is C16H25N5O4. The Bertz CT molecular complexity index is 604. The minimum absolute atomic E-state index is 0.112. The van der Waals surface area contributed by atoms with Gasteiger partial charge in [-0.05, 0) is 25.0 Å². The molecule has 9 N–H and O–H groups in total. The number of rotatable bonds is 7. The highest BCUT2D eigenvalue weighted by molar-refractivity contribution is 5.91. The molecular weight excluding hydrogens is 326 g/mol. The molecule has 1 rings (SSSR count). The fourth-order valence-corrected chi connectivity index (χ4v) is 1.55. The number of para-hydroxylation sites is 1. The first-order valence-corrected chi connectivity index (χ1v) is 7.52. The summed E-state index contributed by atoms with van der Waals surface area (Å²) in [5, 5.41) is 29.5. The van der Waals surface area contributed by atoms with E-state index in [1.54, 1.807) is 37.4 Å². The summed E-state index contributed by atoms with van der Waals surface area (Å²) in [5.74, 6) is -1.14. The lowest BCUT2D eigenvalue weighted by atomic mass is 10.2. The van der Waals surface area contributed by atoms with Crippen molar-refractivity contribution in [1.82, 2.24) is 10.6 Å². The zero-order valence-corrected chi connectivity index (χ0v) is 14.0. The standard InChI is InChI=1S/C10H11NO2.C6H14N4O2/c1-11-10(13)7-6-8-4-2-3-5-9(8)12;7-4(5(11)12)2-1-3-10-6(8)9/h2-7,12H,1H3,(H,11,13);4H,1-3,7H2,(H,11,12)(H4,8,9,10)/b7-6-;/t;4-/m.0/s1. The number of phenolic OH excluding ortho intramolecular Hbond substituents is 1. The lowest BCUT2D eigenvalue weighted by Crippen LogP contribution is -2.34. The molecule has 1 amide bonds. The lowest BCUT2D eigenvalue weighted by molar-refractivity contribution is -0.138. The number of amides is 1. The molecule has 0 fully saturated rings. The van der Waals surface area contributed by atoms with E-state index >= 15 is 0 Å². The molecule has 0 aromatic heterocycles. The zero-order valence-electron chi connectivity index (χ0n) is 14.0. The molecule has 1 aromatic rings. The number of hydrogen-bond acceptors (Lipinski definition) is 5. The largest absolute Gasteiger partial charge is 0.507 e. The number of carboxylic acids is 1. The van der Waals surface area contributed by atoms with Crippen molar-refractivity contribution in [2.45, 2.75) is 18.9 Å². The summed E-state index contributed by atoms with van der Waals surface area (Å²) in [7, 11) is 1.55. The van der Waals surface area contributed by atoms with Gasteiger partial charge in [-0.25, -0.2) is 0 Å². The first-order valence-electron chi connectivity index (χ1n) is 7.52. The highest BCUT2D eigenvalue weighted by Gasteiger charge is 2.09. The minimum atomic E-state index is -1.00.